The number of hydrogen-bond donors (Lipinski definition) is 0. The summed E-state index contributed by atoms with van der Waals surface area (Å²) in [6.07, 6.45) is 1.68. The van der Waals surface area contributed by atoms with Gasteiger partial charge in [-0.1, -0.05) is 11.6 Å². The first-order chi connectivity index (χ1) is 4.63. The van der Waals surface area contributed by atoms with E-state index in [1.807, 2.05) is 11.5 Å². The summed E-state index contributed by atoms with van der Waals surface area (Å²) in [5, 5.41) is 0.715. The van der Waals surface area contributed by atoms with Crippen LogP contribution in [0.25, 0.3) is 0 Å². The first kappa shape index (κ1) is 7.61. The maximum atomic E-state index is 5.84. The molecule has 0 aliphatic heterocycles. The Morgan fingerprint density at radius 1 is 1.60 bits per heavy atom. The van der Waals surface area contributed by atoms with Gasteiger partial charge in [0, 0.05) is 6.04 Å². The Kier molecular flexibility index (Phi) is 2.00. The van der Waals surface area contributed by atoms with Gasteiger partial charge in [0.25, 0.3) is 0 Å². The summed E-state index contributed by atoms with van der Waals surface area (Å²) >= 11 is 5.84. The van der Waals surface area contributed by atoms with E-state index in [4.69, 9.17) is 11.6 Å². The van der Waals surface area contributed by atoms with E-state index in [9.17, 15) is 0 Å². The monoisotopic (exact) mass is 158 g/mol. The molecule has 0 radical (unpaired) electrons. The SMILES string of the molecule is Cc1ncc(Cl)n1C(C)C. The fourth-order valence-corrected chi connectivity index (χ4v) is 1.41. The van der Waals surface area contributed by atoms with Crippen LogP contribution >= 0.6 is 11.6 Å². The van der Waals surface area contributed by atoms with Gasteiger partial charge in [0.05, 0.1) is 6.20 Å². The minimum absolute atomic E-state index is 0.398. The summed E-state index contributed by atoms with van der Waals surface area (Å²) in [7, 11) is 0. The molecule has 0 saturated carbocycles. The molecule has 3 heteroatoms. The first-order valence-corrected chi connectivity index (χ1v) is 3.70. The van der Waals surface area contributed by atoms with E-state index >= 15 is 0 Å². The molecule has 0 atom stereocenters. The maximum absolute atomic E-state index is 5.84. The molecule has 0 aliphatic rings. The van der Waals surface area contributed by atoms with E-state index in [0.29, 0.717) is 11.2 Å². The van der Waals surface area contributed by atoms with Crippen LogP contribution in [0.5, 0.6) is 0 Å². The second-order valence-corrected chi connectivity index (χ2v) is 2.98. The van der Waals surface area contributed by atoms with Gasteiger partial charge in [-0.05, 0) is 20.8 Å². The summed E-state index contributed by atoms with van der Waals surface area (Å²) in [4.78, 5) is 4.07. The fraction of sp³-hybridized carbons (Fsp3) is 0.571. The molecular weight excluding hydrogens is 148 g/mol. The molecule has 1 rings (SSSR count). The van der Waals surface area contributed by atoms with Crippen molar-refractivity contribution in [3.8, 4) is 0 Å². The number of halogens is 1. The van der Waals surface area contributed by atoms with E-state index in [-0.39, 0.29) is 0 Å². The van der Waals surface area contributed by atoms with Gasteiger partial charge in [-0.25, -0.2) is 4.98 Å². The topological polar surface area (TPSA) is 17.8 Å². The molecule has 10 heavy (non-hydrogen) atoms. The first-order valence-electron chi connectivity index (χ1n) is 3.32. The summed E-state index contributed by atoms with van der Waals surface area (Å²) in [5.74, 6) is 0.972. The normalized spacial score (nSPS) is 10.9. The van der Waals surface area contributed by atoms with E-state index in [1.165, 1.54) is 0 Å². The van der Waals surface area contributed by atoms with Crippen LogP contribution in [-0.4, -0.2) is 9.55 Å². The van der Waals surface area contributed by atoms with Gasteiger partial charge >= 0.3 is 0 Å². The average Bonchev–Trinajstić information content (AvgIpc) is 2.11. The number of imidazole rings is 1. The van der Waals surface area contributed by atoms with E-state index in [2.05, 4.69) is 18.8 Å². The van der Waals surface area contributed by atoms with Crippen LogP contribution in [0.3, 0.4) is 0 Å². The summed E-state index contributed by atoms with van der Waals surface area (Å²) in [5.41, 5.74) is 0. The second-order valence-electron chi connectivity index (χ2n) is 2.59. The zero-order chi connectivity index (χ0) is 7.72. The van der Waals surface area contributed by atoms with Crippen LogP contribution in [0.1, 0.15) is 25.7 Å². The largest absolute Gasteiger partial charge is 0.317 e. The van der Waals surface area contributed by atoms with E-state index in [0.717, 1.165) is 5.82 Å². The van der Waals surface area contributed by atoms with Gasteiger partial charge < -0.3 is 4.57 Å². The maximum Gasteiger partial charge on any atom is 0.129 e. The van der Waals surface area contributed by atoms with Gasteiger partial charge in [-0.3, -0.25) is 0 Å². The number of rotatable bonds is 1. The van der Waals surface area contributed by atoms with Crippen LogP contribution in [-0.2, 0) is 0 Å². The highest BCUT2D eigenvalue weighted by molar-refractivity contribution is 6.29. The summed E-state index contributed by atoms with van der Waals surface area (Å²) in [6, 6.07) is 0.398. The van der Waals surface area contributed by atoms with Gasteiger partial charge in [-0.2, -0.15) is 0 Å². The van der Waals surface area contributed by atoms with Crippen LogP contribution < -0.4 is 0 Å². The molecule has 0 unspecified atom stereocenters. The molecule has 1 heterocycles. The molecule has 0 bridgehead atoms. The lowest BCUT2D eigenvalue weighted by molar-refractivity contribution is 0.583. The predicted molar refractivity (Wildman–Crippen MR) is 42.4 cm³/mol. The minimum atomic E-state index is 0.398. The zero-order valence-corrected chi connectivity index (χ0v) is 7.18. The summed E-state index contributed by atoms with van der Waals surface area (Å²) in [6.45, 7) is 6.12. The van der Waals surface area contributed by atoms with Crippen LogP contribution in [0.2, 0.25) is 5.15 Å². The highest BCUT2D eigenvalue weighted by Crippen LogP contribution is 2.16. The van der Waals surface area contributed by atoms with Gasteiger partial charge in [0.2, 0.25) is 0 Å². The number of aromatic nitrogens is 2. The zero-order valence-electron chi connectivity index (χ0n) is 6.43. The standard InChI is InChI=1S/C7H11ClN2/c1-5(2)10-6(3)9-4-7(10)8/h4-5H,1-3H3. The fourth-order valence-electron chi connectivity index (χ4n) is 1.05. The third-order valence-corrected chi connectivity index (χ3v) is 1.73. The third kappa shape index (κ3) is 1.16. The molecule has 1 aromatic rings. The average molecular weight is 159 g/mol. The Balaban J connectivity index is 3.10. The highest BCUT2D eigenvalue weighted by atomic mass is 35.5. The lowest BCUT2D eigenvalue weighted by atomic mass is 10.4. The van der Waals surface area contributed by atoms with Crippen molar-refractivity contribution in [1.82, 2.24) is 9.55 Å². The van der Waals surface area contributed by atoms with Crippen molar-refractivity contribution < 1.29 is 0 Å². The Bertz CT molecular complexity index is 208. The number of aryl methyl sites for hydroxylation is 1. The van der Waals surface area contributed by atoms with Crippen LogP contribution in [0.4, 0.5) is 0 Å². The Labute approximate surface area is 65.8 Å². The van der Waals surface area contributed by atoms with Gasteiger partial charge in [0.15, 0.2) is 0 Å². The lowest BCUT2D eigenvalue weighted by Gasteiger charge is -2.09. The van der Waals surface area contributed by atoms with Crippen LogP contribution in [0, 0.1) is 6.92 Å². The van der Waals surface area contributed by atoms with Crippen molar-refractivity contribution >= 4 is 11.6 Å². The predicted octanol–water partition coefficient (Wildman–Crippen LogP) is 2.43. The van der Waals surface area contributed by atoms with Crippen molar-refractivity contribution in [1.29, 1.82) is 0 Å². The number of nitrogens with zero attached hydrogens (tertiary/aromatic N) is 2. The Morgan fingerprint density at radius 3 is 2.40 bits per heavy atom. The molecule has 0 fully saturated rings. The van der Waals surface area contributed by atoms with E-state index < -0.39 is 0 Å². The Morgan fingerprint density at radius 2 is 2.20 bits per heavy atom. The van der Waals surface area contributed by atoms with Gasteiger partial charge in [-0.15, -0.1) is 0 Å². The second kappa shape index (κ2) is 2.62. The molecule has 56 valence electrons. The van der Waals surface area contributed by atoms with Crippen molar-refractivity contribution in [2.45, 2.75) is 26.8 Å². The molecule has 0 saturated heterocycles. The van der Waals surface area contributed by atoms with Gasteiger partial charge in [0.1, 0.15) is 11.0 Å². The molecule has 0 spiro atoms. The van der Waals surface area contributed by atoms with E-state index in [1.54, 1.807) is 6.20 Å². The van der Waals surface area contributed by atoms with Crippen molar-refractivity contribution in [3.63, 3.8) is 0 Å². The minimum Gasteiger partial charge on any atom is -0.317 e. The third-order valence-electron chi connectivity index (χ3n) is 1.45. The molecule has 0 aliphatic carbocycles. The van der Waals surface area contributed by atoms with Crippen molar-refractivity contribution in [3.05, 3.63) is 17.2 Å². The summed E-state index contributed by atoms with van der Waals surface area (Å²) < 4.78 is 1.99. The van der Waals surface area contributed by atoms with Crippen molar-refractivity contribution in [2.75, 3.05) is 0 Å². The molecule has 2 nitrogen and oxygen atoms in total. The molecular formula is C7H11ClN2. The molecule has 1 aromatic heterocycles. The lowest BCUT2D eigenvalue weighted by Crippen LogP contribution is -2.02. The molecule has 0 N–H and O–H groups in total. The smallest absolute Gasteiger partial charge is 0.129 e. The number of hydrogen-bond acceptors (Lipinski definition) is 1. The quantitative estimate of drug-likeness (QED) is 0.614. The highest BCUT2D eigenvalue weighted by Gasteiger charge is 2.05. The Hall–Kier alpha value is -0.500. The molecule has 0 aromatic carbocycles. The van der Waals surface area contributed by atoms with Crippen LogP contribution in [0.15, 0.2) is 6.20 Å². The van der Waals surface area contributed by atoms with Crippen molar-refractivity contribution in [2.24, 2.45) is 0 Å². The molecule has 0 amide bonds.